The molecule has 0 bridgehead atoms. The summed E-state index contributed by atoms with van der Waals surface area (Å²) in [4.78, 5) is 0. The van der Waals surface area contributed by atoms with E-state index in [9.17, 15) is 0 Å². The molecule has 2 nitrogen and oxygen atoms in total. The van der Waals surface area contributed by atoms with Crippen LogP contribution in [0.1, 0.15) is 28.4 Å². The molecule has 0 fully saturated rings. The van der Waals surface area contributed by atoms with Crippen LogP contribution in [-0.4, -0.2) is 0 Å². The highest BCUT2D eigenvalue weighted by Gasteiger charge is 2.21. The summed E-state index contributed by atoms with van der Waals surface area (Å²) in [6.07, 6.45) is -0.259. The van der Waals surface area contributed by atoms with Gasteiger partial charge in [0.25, 0.3) is 0 Å². The lowest BCUT2D eigenvalue weighted by Gasteiger charge is -2.23. The Morgan fingerprint density at radius 1 is 0.690 bits per heavy atom. The van der Waals surface area contributed by atoms with Gasteiger partial charge in [0.2, 0.25) is 0 Å². The molecule has 0 aliphatic rings. The van der Waals surface area contributed by atoms with E-state index in [1.165, 1.54) is 0 Å². The molecule has 0 N–H and O–H groups in total. The third-order valence-corrected chi connectivity index (χ3v) is 4.79. The molecule has 2 heteroatoms. The van der Waals surface area contributed by atoms with Crippen LogP contribution in [0.4, 0.5) is 0 Å². The first kappa shape index (κ1) is 18.8. The van der Waals surface area contributed by atoms with Crippen molar-refractivity contribution in [3.05, 3.63) is 131 Å². The molecule has 29 heavy (non-hydrogen) atoms. The first-order valence-electron chi connectivity index (χ1n) is 9.83. The summed E-state index contributed by atoms with van der Waals surface area (Å²) < 4.78 is 12.7. The van der Waals surface area contributed by atoms with Crippen LogP contribution in [-0.2, 0) is 6.61 Å². The van der Waals surface area contributed by atoms with Gasteiger partial charge in [0, 0.05) is 5.56 Å². The third-order valence-electron chi connectivity index (χ3n) is 4.79. The molecule has 0 radical (unpaired) electrons. The van der Waals surface area contributed by atoms with Gasteiger partial charge >= 0.3 is 0 Å². The SMILES string of the molecule is Cc1ccc(C(Oc2ccccc2)c2ccccc2)c(OCc2ccccc2)c1. The van der Waals surface area contributed by atoms with Crippen LogP contribution in [0, 0.1) is 6.92 Å². The van der Waals surface area contributed by atoms with Crippen molar-refractivity contribution < 1.29 is 9.47 Å². The van der Waals surface area contributed by atoms with Gasteiger partial charge in [-0.1, -0.05) is 91.0 Å². The number of hydrogen-bond donors (Lipinski definition) is 0. The summed E-state index contributed by atoms with van der Waals surface area (Å²) in [5, 5.41) is 0. The summed E-state index contributed by atoms with van der Waals surface area (Å²) in [7, 11) is 0. The molecule has 0 spiro atoms. The number of rotatable bonds is 7. The normalized spacial score (nSPS) is 11.6. The van der Waals surface area contributed by atoms with E-state index in [0.717, 1.165) is 33.8 Å². The Labute approximate surface area is 172 Å². The molecule has 0 aliphatic heterocycles. The summed E-state index contributed by atoms with van der Waals surface area (Å²) >= 11 is 0. The second-order valence-electron chi connectivity index (χ2n) is 7.04. The van der Waals surface area contributed by atoms with Gasteiger partial charge in [-0.3, -0.25) is 0 Å². The zero-order valence-electron chi connectivity index (χ0n) is 16.5. The maximum Gasteiger partial charge on any atom is 0.152 e. The lowest BCUT2D eigenvalue weighted by Crippen LogP contribution is -2.12. The maximum absolute atomic E-state index is 6.44. The van der Waals surface area contributed by atoms with E-state index >= 15 is 0 Å². The van der Waals surface area contributed by atoms with E-state index < -0.39 is 0 Å². The van der Waals surface area contributed by atoms with Crippen molar-refractivity contribution in [1.29, 1.82) is 0 Å². The number of benzene rings is 4. The molecule has 0 aromatic heterocycles. The van der Waals surface area contributed by atoms with E-state index in [1.807, 2.05) is 66.7 Å². The highest BCUT2D eigenvalue weighted by molar-refractivity contribution is 5.44. The molecule has 0 amide bonds. The van der Waals surface area contributed by atoms with E-state index in [-0.39, 0.29) is 6.10 Å². The van der Waals surface area contributed by atoms with Crippen molar-refractivity contribution in [3.63, 3.8) is 0 Å². The van der Waals surface area contributed by atoms with Crippen molar-refractivity contribution in [2.24, 2.45) is 0 Å². The molecule has 1 atom stereocenters. The van der Waals surface area contributed by atoms with Gasteiger partial charge in [-0.15, -0.1) is 0 Å². The van der Waals surface area contributed by atoms with Crippen LogP contribution < -0.4 is 9.47 Å². The van der Waals surface area contributed by atoms with Gasteiger partial charge in [0.1, 0.15) is 18.1 Å². The molecular formula is C27H24O2. The Bertz CT molecular complexity index is 1030. The first-order chi connectivity index (χ1) is 14.3. The van der Waals surface area contributed by atoms with E-state index in [4.69, 9.17) is 9.47 Å². The summed E-state index contributed by atoms with van der Waals surface area (Å²) in [5.74, 6) is 1.68. The van der Waals surface area contributed by atoms with Gasteiger partial charge < -0.3 is 9.47 Å². The van der Waals surface area contributed by atoms with Crippen LogP contribution in [0.5, 0.6) is 11.5 Å². The predicted molar refractivity (Wildman–Crippen MR) is 117 cm³/mol. The van der Waals surface area contributed by atoms with E-state index in [1.54, 1.807) is 0 Å². The summed E-state index contributed by atoms with van der Waals surface area (Å²) in [5.41, 5.74) is 4.40. The quantitative estimate of drug-likeness (QED) is 0.353. The lowest BCUT2D eigenvalue weighted by molar-refractivity contribution is 0.232. The van der Waals surface area contributed by atoms with Crippen LogP contribution in [0.25, 0.3) is 0 Å². The van der Waals surface area contributed by atoms with Crippen LogP contribution in [0.15, 0.2) is 109 Å². The summed E-state index contributed by atoms with van der Waals surface area (Å²) in [6.45, 7) is 2.60. The second-order valence-corrected chi connectivity index (χ2v) is 7.04. The average molecular weight is 380 g/mol. The van der Waals surface area contributed by atoms with E-state index in [2.05, 4.69) is 49.4 Å². The second kappa shape index (κ2) is 9.11. The molecule has 4 aromatic carbocycles. The minimum Gasteiger partial charge on any atom is -0.488 e. The van der Waals surface area contributed by atoms with Crippen LogP contribution in [0.2, 0.25) is 0 Å². The van der Waals surface area contributed by atoms with Crippen molar-refractivity contribution in [1.82, 2.24) is 0 Å². The molecule has 1 unspecified atom stereocenters. The van der Waals surface area contributed by atoms with Gasteiger partial charge in [-0.25, -0.2) is 0 Å². The Balaban J connectivity index is 1.69. The Hall–Kier alpha value is -3.52. The van der Waals surface area contributed by atoms with Crippen molar-refractivity contribution in [2.75, 3.05) is 0 Å². The zero-order valence-corrected chi connectivity index (χ0v) is 16.5. The predicted octanol–water partition coefficient (Wildman–Crippen LogP) is 6.74. The molecule has 0 saturated heterocycles. The number of hydrogen-bond acceptors (Lipinski definition) is 2. The van der Waals surface area contributed by atoms with Gasteiger partial charge in [-0.05, 0) is 41.8 Å². The molecule has 0 heterocycles. The fourth-order valence-electron chi connectivity index (χ4n) is 3.29. The van der Waals surface area contributed by atoms with Gasteiger partial charge in [0.05, 0.1) is 0 Å². The highest BCUT2D eigenvalue weighted by Crippen LogP contribution is 2.35. The average Bonchev–Trinajstić information content (AvgIpc) is 2.78. The van der Waals surface area contributed by atoms with Crippen molar-refractivity contribution in [3.8, 4) is 11.5 Å². The molecule has 4 rings (SSSR count). The largest absolute Gasteiger partial charge is 0.488 e. The Morgan fingerprint density at radius 2 is 1.31 bits per heavy atom. The molecular weight excluding hydrogens is 356 g/mol. The monoisotopic (exact) mass is 380 g/mol. The molecule has 4 aromatic rings. The van der Waals surface area contributed by atoms with Gasteiger partial charge in [-0.2, -0.15) is 0 Å². The molecule has 0 saturated carbocycles. The fourth-order valence-corrected chi connectivity index (χ4v) is 3.29. The first-order valence-corrected chi connectivity index (χ1v) is 9.83. The fraction of sp³-hybridized carbons (Fsp3) is 0.111. The number of para-hydroxylation sites is 1. The van der Waals surface area contributed by atoms with Crippen molar-refractivity contribution in [2.45, 2.75) is 19.6 Å². The Kier molecular flexibility index (Phi) is 5.92. The minimum absolute atomic E-state index is 0.259. The van der Waals surface area contributed by atoms with Crippen LogP contribution in [0.3, 0.4) is 0 Å². The Morgan fingerprint density at radius 3 is 2.00 bits per heavy atom. The summed E-state index contributed by atoms with van der Waals surface area (Å²) in [6, 6.07) is 36.7. The minimum atomic E-state index is -0.259. The standard InChI is InChI=1S/C27H24O2/c1-21-17-18-25(26(19-21)28-20-22-11-5-2-6-12-22)27(23-13-7-3-8-14-23)29-24-15-9-4-10-16-24/h2-19,27H,20H2,1H3. The topological polar surface area (TPSA) is 18.5 Å². The number of ether oxygens (including phenoxy) is 2. The van der Waals surface area contributed by atoms with Crippen LogP contribution >= 0.6 is 0 Å². The van der Waals surface area contributed by atoms with E-state index in [0.29, 0.717) is 6.61 Å². The van der Waals surface area contributed by atoms with Crippen molar-refractivity contribution >= 4 is 0 Å². The molecule has 0 aliphatic carbocycles. The van der Waals surface area contributed by atoms with Gasteiger partial charge in [0.15, 0.2) is 6.10 Å². The lowest BCUT2D eigenvalue weighted by atomic mass is 9.99. The maximum atomic E-state index is 6.44. The third kappa shape index (κ3) is 4.85. The smallest absolute Gasteiger partial charge is 0.152 e. The number of aryl methyl sites for hydroxylation is 1. The molecule has 144 valence electrons. The highest BCUT2D eigenvalue weighted by atomic mass is 16.5. The zero-order chi connectivity index (χ0) is 19.9.